The summed E-state index contributed by atoms with van der Waals surface area (Å²) in [5.41, 5.74) is 0.107. The molecule has 0 amide bonds. The van der Waals surface area contributed by atoms with Crippen LogP contribution in [0.3, 0.4) is 0 Å². The van der Waals surface area contributed by atoms with Gasteiger partial charge in [0.25, 0.3) is 0 Å². The maximum absolute atomic E-state index is 11.5. The van der Waals surface area contributed by atoms with E-state index in [0.717, 1.165) is 25.7 Å². The molecule has 1 aliphatic heterocycles. The number of aliphatic hydroxyl groups is 2. The van der Waals surface area contributed by atoms with Crippen LogP contribution in [0, 0.1) is 16.2 Å². The molecule has 23 heavy (non-hydrogen) atoms. The number of esters is 1. The van der Waals surface area contributed by atoms with Gasteiger partial charge in [-0.05, 0) is 32.6 Å². The van der Waals surface area contributed by atoms with Crippen LogP contribution in [0.15, 0.2) is 11.6 Å². The maximum atomic E-state index is 11.5. The highest BCUT2D eigenvalue weighted by Crippen LogP contribution is 2.78. The minimum Gasteiger partial charge on any atom is -0.465 e. The van der Waals surface area contributed by atoms with Gasteiger partial charge in [-0.1, -0.05) is 18.6 Å². The minimum atomic E-state index is -0.865. The van der Waals surface area contributed by atoms with Crippen molar-refractivity contribution in [1.82, 2.24) is 0 Å². The van der Waals surface area contributed by atoms with E-state index in [-0.39, 0.29) is 30.2 Å². The zero-order chi connectivity index (χ0) is 16.6. The van der Waals surface area contributed by atoms with Gasteiger partial charge in [0.05, 0.1) is 18.3 Å². The van der Waals surface area contributed by atoms with Crippen LogP contribution in [0.1, 0.15) is 46.5 Å². The van der Waals surface area contributed by atoms with Crippen molar-refractivity contribution in [2.45, 2.75) is 70.9 Å². The number of hydrogen-bond acceptors (Lipinski definition) is 5. The van der Waals surface area contributed by atoms with E-state index in [9.17, 15) is 15.0 Å². The van der Waals surface area contributed by atoms with E-state index < -0.39 is 23.0 Å². The molecule has 1 spiro atoms. The van der Waals surface area contributed by atoms with E-state index >= 15 is 0 Å². The zero-order valence-corrected chi connectivity index (χ0v) is 14.0. The van der Waals surface area contributed by atoms with Crippen LogP contribution in [0.5, 0.6) is 0 Å². The number of carbonyl (C=O) groups excluding carboxylic acids is 1. The fourth-order valence-corrected chi connectivity index (χ4v) is 5.84. The summed E-state index contributed by atoms with van der Waals surface area (Å²) < 4.78 is 11.8. The third-order valence-electron chi connectivity index (χ3n) is 7.40. The lowest BCUT2D eigenvalue weighted by Crippen LogP contribution is -2.63. The second kappa shape index (κ2) is 4.58. The Morgan fingerprint density at radius 1 is 1.39 bits per heavy atom. The molecule has 1 saturated heterocycles. The van der Waals surface area contributed by atoms with E-state index in [1.54, 1.807) is 0 Å². The van der Waals surface area contributed by atoms with Crippen molar-refractivity contribution in [2.24, 2.45) is 16.2 Å². The number of fused-ring (bicyclic) bond motifs is 2. The number of hydrogen-bond donors (Lipinski definition) is 2. The summed E-state index contributed by atoms with van der Waals surface area (Å²) in [6.07, 6.45) is 3.49. The lowest BCUT2D eigenvalue weighted by atomic mass is 9.50. The fraction of sp³-hybridized carbons (Fsp3) is 0.833. The first-order valence-electron chi connectivity index (χ1n) is 8.61. The van der Waals surface area contributed by atoms with Gasteiger partial charge in [0.2, 0.25) is 0 Å². The summed E-state index contributed by atoms with van der Waals surface area (Å²) in [5, 5.41) is 21.6. The van der Waals surface area contributed by atoms with Crippen molar-refractivity contribution in [3.63, 3.8) is 0 Å². The number of carbonyl (C=O) groups is 1. The molecular formula is C18H26O5. The highest BCUT2D eigenvalue weighted by atomic mass is 16.5. The monoisotopic (exact) mass is 322 g/mol. The predicted molar refractivity (Wildman–Crippen MR) is 82.5 cm³/mol. The molecular weight excluding hydrogens is 296 g/mol. The standard InChI is InChI=1S/C18H26O5/c1-10-4-5-18(9-22-11(2)19)12(8-10)23-15-13(20)14(21)16(18,3)17(15)6-7-17/h8,12-15,20-21H,4-7,9H2,1-3H3. The fourth-order valence-electron chi connectivity index (χ4n) is 5.84. The molecule has 4 rings (SSSR count). The topological polar surface area (TPSA) is 76.0 Å². The third-order valence-corrected chi connectivity index (χ3v) is 7.40. The quantitative estimate of drug-likeness (QED) is 0.596. The van der Waals surface area contributed by atoms with E-state index in [1.165, 1.54) is 12.5 Å². The van der Waals surface area contributed by atoms with Crippen LogP contribution in [0.4, 0.5) is 0 Å². The first-order chi connectivity index (χ1) is 10.8. The molecule has 6 atom stereocenters. The zero-order valence-electron chi connectivity index (χ0n) is 14.0. The van der Waals surface area contributed by atoms with Crippen molar-refractivity contribution in [2.75, 3.05) is 6.61 Å². The molecule has 2 saturated carbocycles. The summed E-state index contributed by atoms with van der Waals surface area (Å²) in [4.78, 5) is 11.5. The normalized spacial score (nSPS) is 49.5. The molecule has 0 aromatic carbocycles. The lowest BCUT2D eigenvalue weighted by Gasteiger charge is -2.59. The Labute approximate surface area is 136 Å². The molecule has 128 valence electrons. The largest absolute Gasteiger partial charge is 0.465 e. The van der Waals surface area contributed by atoms with Crippen LogP contribution in [-0.2, 0) is 14.3 Å². The van der Waals surface area contributed by atoms with Crippen LogP contribution in [-0.4, -0.2) is 47.2 Å². The predicted octanol–water partition coefficient (Wildman–Crippen LogP) is 1.57. The molecule has 3 aliphatic carbocycles. The molecule has 2 bridgehead atoms. The molecule has 1 heterocycles. The summed E-state index contributed by atoms with van der Waals surface area (Å²) in [6.45, 7) is 5.82. The lowest BCUT2D eigenvalue weighted by molar-refractivity contribution is -0.234. The van der Waals surface area contributed by atoms with E-state index in [0.29, 0.717) is 0 Å². The van der Waals surface area contributed by atoms with E-state index in [4.69, 9.17) is 9.47 Å². The van der Waals surface area contributed by atoms with Crippen molar-refractivity contribution in [1.29, 1.82) is 0 Å². The highest BCUT2D eigenvalue weighted by molar-refractivity contribution is 5.66. The van der Waals surface area contributed by atoms with Gasteiger partial charge in [0.1, 0.15) is 12.7 Å². The van der Waals surface area contributed by atoms with Crippen molar-refractivity contribution >= 4 is 5.97 Å². The minimum absolute atomic E-state index is 0.179. The second-order valence-corrected chi connectivity index (χ2v) is 8.22. The van der Waals surface area contributed by atoms with Crippen LogP contribution in [0.2, 0.25) is 0 Å². The maximum Gasteiger partial charge on any atom is 0.302 e. The third kappa shape index (κ3) is 1.66. The van der Waals surface area contributed by atoms with E-state index in [2.05, 4.69) is 19.9 Å². The van der Waals surface area contributed by atoms with Gasteiger partial charge in [-0.25, -0.2) is 0 Å². The van der Waals surface area contributed by atoms with Gasteiger partial charge in [0, 0.05) is 23.2 Å². The van der Waals surface area contributed by atoms with Crippen LogP contribution >= 0.6 is 0 Å². The SMILES string of the molecule is CC(=O)OCC12CCC(C)=CC1OC1C(O)C(O)C2(C)C12CC2. The van der Waals surface area contributed by atoms with Gasteiger partial charge in [0.15, 0.2) is 0 Å². The molecule has 6 unspecified atom stereocenters. The van der Waals surface area contributed by atoms with Crippen LogP contribution in [0.25, 0.3) is 0 Å². The van der Waals surface area contributed by atoms with Gasteiger partial charge in [-0.2, -0.15) is 0 Å². The summed E-state index contributed by atoms with van der Waals surface area (Å²) in [7, 11) is 0. The Bertz CT molecular complexity index is 580. The average molecular weight is 322 g/mol. The Balaban J connectivity index is 1.85. The number of ether oxygens (including phenoxy) is 2. The van der Waals surface area contributed by atoms with Gasteiger partial charge in [-0.15, -0.1) is 0 Å². The first kappa shape index (κ1) is 15.6. The average Bonchev–Trinajstić information content (AvgIpc) is 3.28. The Hall–Kier alpha value is -0.910. The second-order valence-electron chi connectivity index (χ2n) is 8.22. The van der Waals surface area contributed by atoms with Crippen molar-refractivity contribution in [3.05, 3.63) is 11.6 Å². The molecule has 0 aromatic rings. The van der Waals surface area contributed by atoms with Crippen molar-refractivity contribution < 1.29 is 24.5 Å². The molecule has 0 aromatic heterocycles. The summed E-state index contributed by atoms with van der Waals surface area (Å²) >= 11 is 0. The Morgan fingerprint density at radius 2 is 2.09 bits per heavy atom. The van der Waals surface area contributed by atoms with Gasteiger partial charge in [-0.3, -0.25) is 4.79 Å². The molecule has 4 aliphatic rings. The van der Waals surface area contributed by atoms with Crippen LogP contribution < -0.4 is 0 Å². The molecule has 2 N–H and O–H groups in total. The number of aliphatic hydroxyl groups excluding tert-OH is 2. The Kier molecular flexibility index (Phi) is 3.11. The number of allylic oxidation sites excluding steroid dienone is 1. The van der Waals surface area contributed by atoms with E-state index in [1.807, 2.05) is 0 Å². The number of rotatable bonds is 2. The smallest absolute Gasteiger partial charge is 0.302 e. The molecule has 0 radical (unpaired) electrons. The van der Waals surface area contributed by atoms with Crippen molar-refractivity contribution in [3.8, 4) is 0 Å². The molecule has 5 heteroatoms. The molecule has 3 fully saturated rings. The summed E-state index contributed by atoms with van der Waals surface area (Å²) in [6, 6.07) is 0. The first-order valence-corrected chi connectivity index (χ1v) is 8.61. The van der Waals surface area contributed by atoms with Gasteiger partial charge < -0.3 is 19.7 Å². The summed E-state index contributed by atoms with van der Waals surface area (Å²) in [5.74, 6) is -0.312. The Morgan fingerprint density at radius 3 is 2.70 bits per heavy atom. The van der Waals surface area contributed by atoms with Gasteiger partial charge >= 0.3 is 5.97 Å². The highest BCUT2D eigenvalue weighted by Gasteiger charge is 2.82. The molecule has 5 nitrogen and oxygen atoms in total.